The van der Waals surface area contributed by atoms with Crippen LogP contribution in [0.2, 0.25) is 0 Å². The third kappa shape index (κ3) is 3.45. The standard InChI is InChI=1S/C15H30N2/c1-4-6-14-11-17(10-9-13-7-8-13)15(3,5-2)12-16-14/h13-14,16H,4-12H2,1-3H3. The van der Waals surface area contributed by atoms with E-state index < -0.39 is 0 Å². The topological polar surface area (TPSA) is 15.3 Å². The summed E-state index contributed by atoms with van der Waals surface area (Å²) in [6.07, 6.45) is 8.33. The van der Waals surface area contributed by atoms with Crippen molar-refractivity contribution in [3.8, 4) is 0 Å². The maximum atomic E-state index is 3.75. The first kappa shape index (κ1) is 13.4. The number of nitrogens with zero attached hydrogens (tertiary/aromatic N) is 1. The molecule has 0 aromatic rings. The smallest absolute Gasteiger partial charge is 0.0303 e. The Morgan fingerprint density at radius 1 is 1.24 bits per heavy atom. The Labute approximate surface area is 107 Å². The van der Waals surface area contributed by atoms with E-state index in [0.29, 0.717) is 5.54 Å². The molecule has 1 N–H and O–H groups in total. The molecule has 2 nitrogen and oxygen atoms in total. The molecule has 0 amide bonds. The average molecular weight is 238 g/mol. The summed E-state index contributed by atoms with van der Waals surface area (Å²) >= 11 is 0. The van der Waals surface area contributed by atoms with Gasteiger partial charge >= 0.3 is 0 Å². The van der Waals surface area contributed by atoms with Crippen LogP contribution >= 0.6 is 0 Å². The van der Waals surface area contributed by atoms with Gasteiger partial charge in [0, 0.05) is 24.7 Å². The van der Waals surface area contributed by atoms with Crippen LogP contribution in [-0.2, 0) is 0 Å². The van der Waals surface area contributed by atoms with Crippen LogP contribution in [0.3, 0.4) is 0 Å². The van der Waals surface area contributed by atoms with E-state index in [1.807, 2.05) is 0 Å². The first-order chi connectivity index (χ1) is 8.18. The molecule has 2 aliphatic rings. The van der Waals surface area contributed by atoms with Crippen molar-refractivity contribution >= 4 is 0 Å². The summed E-state index contributed by atoms with van der Waals surface area (Å²) in [7, 11) is 0. The quantitative estimate of drug-likeness (QED) is 0.765. The SMILES string of the molecule is CCCC1CN(CCC2CC2)C(C)(CC)CN1. The average Bonchev–Trinajstić information content (AvgIpc) is 3.14. The highest BCUT2D eigenvalue weighted by molar-refractivity contribution is 4.95. The van der Waals surface area contributed by atoms with Gasteiger partial charge in [-0.1, -0.05) is 33.1 Å². The largest absolute Gasteiger partial charge is 0.311 e. The number of rotatable bonds is 6. The summed E-state index contributed by atoms with van der Waals surface area (Å²) in [4.78, 5) is 2.78. The fraction of sp³-hybridized carbons (Fsp3) is 1.00. The van der Waals surface area contributed by atoms with Crippen LogP contribution in [0.1, 0.15) is 59.3 Å². The summed E-state index contributed by atoms with van der Waals surface area (Å²) in [5.41, 5.74) is 0.402. The first-order valence-electron chi connectivity index (χ1n) is 7.66. The van der Waals surface area contributed by atoms with Gasteiger partial charge in [-0.15, -0.1) is 0 Å². The van der Waals surface area contributed by atoms with Crippen molar-refractivity contribution in [2.24, 2.45) is 5.92 Å². The highest BCUT2D eigenvalue weighted by Gasteiger charge is 2.36. The molecule has 2 unspecified atom stereocenters. The van der Waals surface area contributed by atoms with Gasteiger partial charge in [-0.05, 0) is 38.6 Å². The molecule has 2 fully saturated rings. The second-order valence-electron chi connectivity index (χ2n) is 6.40. The third-order valence-corrected chi connectivity index (χ3v) is 4.88. The summed E-state index contributed by atoms with van der Waals surface area (Å²) in [5, 5.41) is 3.75. The molecule has 1 saturated carbocycles. The lowest BCUT2D eigenvalue weighted by Gasteiger charge is -2.48. The Hall–Kier alpha value is -0.0800. The van der Waals surface area contributed by atoms with E-state index >= 15 is 0 Å². The van der Waals surface area contributed by atoms with Gasteiger partial charge in [0.25, 0.3) is 0 Å². The molecule has 0 spiro atoms. The fourth-order valence-corrected chi connectivity index (χ4v) is 3.02. The van der Waals surface area contributed by atoms with Gasteiger partial charge in [-0.3, -0.25) is 4.90 Å². The van der Waals surface area contributed by atoms with Crippen LogP contribution in [0.5, 0.6) is 0 Å². The van der Waals surface area contributed by atoms with Crippen molar-refractivity contribution in [3.05, 3.63) is 0 Å². The third-order valence-electron chi connectivity index (χ3n) is 4.88. The highest BCUT2D eigenvalue weighted by atomic mass is 15.3. The Morgan fingerprint density at radius 3 is 2.59 bits per heavy atom. The van der Waals surface area contributed by atoms with Crippen molar-refractivity contribution in [2.75, 3.05) is 19.6 Å². The molecular formula is C15H30N2. The molecule has 0 aromatic heterocycles. The minimum atomic E-state index is 0.402. The molecule has 0 bridgehead atoms. The minimum absolute atomic E-state index is 0.402. The van der Waals surface area contributed by atoms with Gasteiger partial charge in [0.1, 0.15) is 0 Å². The van der Waals surface area contributed by atoms with Crippen molar-refractivity contribution in [3.63, 3.8) is 0 Å². The van der Waals surface area contributed by atoms with E-state index in [-0.39, 0.29) is 0 Å². The van der Waals surface area contributed by atoms with Gasteiger partial charge in [0.15, 0.2) is 0 Å². The van der Waals surface area contributed by atoms with Gasteiger partial charge in [0.05, 0.1) is 0 Å². The Bertz CT molecular complexity index is 237. The lowest BCUT2D eigenvalue weighted by Crippen LogP contribution is -2.63. The molecule has 100 valence electrons. The molecule has 0 aromatic carbocycles. The zero-order valence-electron chi connectivity index (χ0n) is 12.0. The molecule has 2 heteroatoms. The molecule has 2 rings (SSSR count). The van der Waals surface area contributed by atoms with Crippen LogP contribution < -0.4 is 5.32 Å². The van der Waals surface area contributed by atoms with Gasteiger partial charge in [-0.25, -0.2) is 0 Å². The van der Waals surface area contributed by atoms with E-state index in [4.69, 9.17) is 0 Å². The van der Waals surface area contributed by atoms with E-state index in [1.54, 1.807) is 0 Å². The van der Waals surface area contributed by atoms with Crippen molar-refractivity contribution < 1.29 is 0 Å². The second kappa shape index (κ2) is 5.71. The number of hydrogen-bond acceptors (Lipinski definition) is 2. The normalized spacial score (nSPS) is 35.1. The highest BCUT2D eigenvalue weighted by Crippen LogP contribution is 2.34. The van der Waals surface area contributed by atoms with Gasteiger partial charge in [0.2, 0.25) is 0 Å². The van der Waals surface area contributed by atoms with Crippen molar-refractivity contribution in [2.45, 2.75) is 70.9 Å². The molecule has 0 radical (unpaired) electrons. The van der Waals surface area contributed by atoms with E-state index in [0.717, 1.165) is 12.0 Å². The summed E-state index contributed by atoms with van der Waals surface area (Å²) in [6, 6.07) is 0.735. The number of piperazine rings is 1. The molecule has 1 aliphatic carbocycles. The Kier molecular flexibility index (Phi) is 4.48. The predicted octanol–water partition coefficient (Wildman–Crippen LogP) is 3.03. The van der Waals surface area contributed by atoms with E-state index in [2.05, 4.69) is 31.0 Å². The van der Waals surface area contributed by atoms with Gasteiger partial charge in [-0.2, -0.15) is 0 Å². The summed E-state index contributed by atoms with van der Waals surface area (Å²) in [6.45, 7) is 10.9. The fourth-order valence-electron chi connectivity index (χ4n) is 3.02. The van der Waals surface area contributed by atoms with Crippen LogP contribution in [0.15, 0.2) is 0 Å². The van der Waals surface area contributed by atoms with Crippen LogP contribution in [0.25, 0.3) is 0 Å². The Morgan fingerprint density at radius 2 is 2.00 bits per heavy atom. The molecule has 2 atom stereocenters. The minimum Gasteiger partial charge on any atom is -0.311 e. The number of hydrogen-bond donors (Lipinski definition) is 1. The van der Waals surface area contributed by atoms with E-state index in [9.17, 15) is 0 Å². The zero-order valence-corrected chi connectivity index (χ0v) is 12.0. The van der Waals surface area contributed by atoms with Crippen LogP contribution in [-0.4, -0.2) is 36.1 Å². The van der Waals surface area contributed by atoms with Crippen LogP contribution in [0.4, 0.5) is 0 Å². The molecule has 1 heterocycles. The maximum Gasteiger partial charge on any atom is 0.0303 e. The second-order valence-corrected chi connectivity index (χ2v) is 6.40. The van der Waals surface area contributed by atoms with Gasteiger partial charge < -0.3 is 5.32 Å². The molecular weight excluding hydrogens is 208 g/mol. The lowest BCUT2D eigenvalue weighted by molar-refractivity contribution is 0.0446. The molecule has 1 saturated heterocycles. The predicted molar refractivity (Wildman–Crippen MR) is 74.3 cm³/mol. The monoisotopic (exact) mass is 238 g/mol. The molecule has 17 heavy (non-hydrogen) atoms. The summed E-state index contributed by atoms with van der Waals surface area (Å²) < 4.78 is 0. The lowest BCUT2D eigenvalue weighted by atomic mass is 9.90. The van der Waals surface area contributed by atoms with E-state index in [1.165, 1.54) is 58.2 Å². The Balaban J connectivity index is 1.88. The van der Waals surface area contributed by atoms with Crippen molar-refractivity contribution in [1.82, 2.24) is 10.2 Å². The molecule has 1 aliphatic heterocycles. The zero-order chi connectivity index (χ0) is 12.3. The number of nitrogens with one attached hydrogen (secondary N) is 1. The van der Waals surface area contributed by atoms with Crippen LogP contribution in [0, 0.1) is 5.92 Å². The first-order valence-corrected chi connectivity index (χ1v) is 7.66. The summed E-state index contributed by atoms with van der Waals surface area (Å²) in [5.74, 6) is 1.07. The maximum absolute atomic E-state index is 3.75. The van der Waals surface area contributed by atoms with Crippen molar-refractivity contribution in [1.29, 1.82) is 0 Å².